The Balaban J connectivity index is 3.15. The minimum absolute atomic E-state index is 0.241. The predicted molar refractivity (Wildman–Crippen MR) is 45.4 cm³/mol. The first kappa shape index (κ1) is 11.0. The summed E-state index contributed by atoms with van der Waals surface area (Å²) < 4.78 is 37.4. The summed E-state index contributed by atoms with van der Waals surface area (Å²) in [4.78, 5) is 0. The molecule has 0 amide bonds. The van der Waals surface area contributed by atoms with Crippen LogP contribution in [0.4, 0.5) is 13.2 Å². The number of rotatable bonds is 2. The summed E-state index contributed by atoms with van der Waals surface area (Å²) in [5, 5.41) is 9.38. The Kier molecular flexibility index (Phi) is 2.82. The average Bonchev–Trinajstić information content (AvgIpc) is 2.16. The summed E-state index contributed by atoms with van der Waals surface area (Å²) >= 11 is 0. The lowest BCUT2D eigenvalue weighted by molar-refractivity contribution is -0.262. The van der Waals surface area contributed by atoms with E-state index in [-0.39, 0.29) is 5.56 Å². The fourth-order valence-corrected chi connectivity index (χ4v) is 1.11. The molecule has 3 N–H and O–H groups in total. The normalized spacial score (nSPS) is 16.4. The molecule has 0 aliphatic rings. The summed E-state index contributed by atoms with van der Waals surface area (Å²) in [6, 6.07) is 6.79. The molecule has 78 valence electrons. The Labute approximate surface area is 79.2 Å². The van der Waals surface area contributed by atoms with E-state index >= 15 is 0 Å². The van der Waals surface area contributed by atoms with Gasteiger partial charge in [-0.15, -0.1) is 0 Å². The van der Waals surface area contributed by atoms with E-state index in [4.69, 9.17) is 5.73 Å². The van der Waals surface area contributed by atoms with Gasteiger partial charge in [-0.05, 0) is 5.56 Å². The van der Waals surface area contributed by atoms with Gasteiger partial charge in [-0.1, -0.05) is 30.3 Å². The first-order valence-electron chi connectivity index (χ1n) is 3.96. The second kappa shape index (κ2) is 3.59. The molecule has 0 aliphatic heterocycles. The fourth-order valence-electron chi connectivity index (χ4n) is 1.11. The third-order valence-electron chi connectivity index (χ3n) is 2.02. The molecule has 1 atom stereocenters. The Bertz CT molecular complexity index is 299. The van der Waals surface area contributed by atoms with E-state index in [1.807, 2.05) is 0 Å². The smallest absolute Gasteiger partial charge is 0.375 e. The third-order valence-corrected chi connectivity index (χ3v) is 2.02. The van der Waals surface area contributed by atoms with Crippen molar-refractivity contribution in [1.82, 2.24) is 0 Å². The standard InChI is InChI=1S/C9H10F3NO/c10-9(11,12)8(14,6-13)7-4-2-1-3-5-7/h1-5,14H,6,13H2/t8-/m1/s1. The quantitative estimate of drug-likeness (QED) is 0.766. The van der Waals surface area contributed by atoms with E-state index in [2.05, 4.69) is 0 Å². The Hall–Kier alpha value is -1.07. The highest BCUT2D eigenvalue weighted by molar-refractivity contribution is 5.24. The van der Waals surface area contributed by atoms with Crippen LogP contribution in [-0.4, -0.2) is 17.8 Å². The number of hydrogen-bond acceptors (Lipinski definition) is 2. The maximum atomic E-state index is 12.5. The average molecular weight is 205 g/mol. The topological polar surface area (TPSA) is 46.2 Å². The zero-order valence-electron chi connectivity index (χ0n) is 7.25. The van der Waals surface area contributed by atoms with Crippen LogP contribution in [0.5, 0.6) is 0 Å². The Morgan fingerprint density at radius 2 is 1.64 bits per heavy atom. The number of halogens is 3. The molecule has 1 aromatic rings. The van der Waals surface area contributed by atoms with E-state index in [0.29, 0.717) is 0 Å². The monoisotopic (exact) mass is 205 g/mol. The number of benzene rings is 1. The zero-order valence-corrected chi connectivity index (χ0v) is 7.25. The molecular formula is C9H10F3NO. The summed E-state index contributed by atoms with van der Waals surface area (Å²) in [5.74, 6) is 0. The number of aliphatic hydroxyl groups is 1. The van der Waals surface area contributed by atoms with E-state index in [9.17, 15) is 18.3 Å². The highest BCUT2D eigenvalue weighted by atomic mass is 19.4. The maximum Gasteiger partial charge on any atom is 0.422 e. The lowest BCUT2D eigenvalue weighted by Crippen LogP contribution is -2.48. The van der Waals surface area contributed by atoms with Crippen LogP contribution >= 0.6 is 0 Å². The molecule has 1 aromatic carbocycles. The SMILES string of the molecule is NC[C@@](O)(c1ccccc1)C(F)(F)F. The third kappa shape index (κ3) is 1.73. The van der Waals surface area contributed by atoms with Crippen molar-refractivity contribution >= 4 is 0 Å². The lowest BCUT2D eigenvalue weighted by atomic mass is 9.93. The van der Waals surface area contributed by atoms with Crippen LogP contribution in [0.1, 0.15) is 5.56 Å². The van der Waals surface area contributed by atoms with Crippen molar-refractivity contribution in [2.45, 2.75) is 11.8 Å². The molecule has 0 fully saturated rings. The van der Waals surface area contributed by atoms with Gasteiger partial charge < -0.3 is 10.8 Å². The molecule has 5 heteroatoms. The van der Waals surface area contributed by atoms with Crippen LogP contribution in [0, 0.1) is 0 Å². The molecule has 0 saturated heterocycles. The molecule has 0 aromatic heterocycles. The van der Waals surface area contributed by atoms with Crippen LogP contribution in [0.25, 0.3) is 0 Å². The Morgan fingerprint density at radius 3 is 2.00 bits per heavy atom. The second-order valence-corrected chi connectivity index (χ2v) is 2.93. The highest BCUT2D eigenvalue weighted by Crippen LogP contribution is 2.37. The molecule has 0 spiro atoms. The summed E-state index contributed by atoms with van der Waals surface area (Å²) in [5.41, 5.74) is 1.76. The highest BCUT2D eigenvalue weighted by Gasteiger charge is 2.53. The van der Waals surface area contributed by atoms with Gasteiger partial charge in [-0.25, -0.2) is 0 Å². The largest absolute Gasteiger partial charge is 0.422 e. The van der Waals surface area contributed by atoms with Crippen molar-refractivity contribution in [2.24, 2.45) is 5.73 Å². The van der Waals surface area contributed by atoms with Crippen molar-refractivity contribution < 1.29 is 18.3 Å². The van der Waals surface area contributed by atoms with Gasteiger partial charge in [0.25, 0.3) is 0 Å². The summed E-state index contributed by atoms with van der Waals surface area (Å²) in [7, 11) is 0. The number of nitrogens with two attached hydrogens (primary N) is 1. The fraction of sp³-hybridized carbons (Fsp3) is 0.333. The number of hydrogen-bond donors (Lipinski definition) is 2. The molecule has 0 radical (unpaired) electrons. The van der Waals surface area contributed by atoms with Crippen molar-refractivity contribution in [2.75, 3.05) is 6.54 Å². The minimum atomic E-state index is -4.76. The lowest BCUT2D eigenvalue weighted by Gasteiger charge is -2.29. The first-order valence-corrected chi connectivity index (χ1v) is 3.96. The van der Waals surface area contributed by atoms with Crippen LogP contribution in [0.3, 0.4) is 0 Å². The Morgan fingerprint density at radius 1 is 1.14 bits per heavy atom. The second-order valence-electron chi connectivity index (χ2n) is 2.93. The van der Waals surface area contributed by atoms with Crippen molar-refractivity contribution in [1.29, 1.82) is 0 Å². The van der Waals surface area contributed by atoms with Crippen molar-refractivity contribution in [3.63, 3.8) is 0 Å². The molecule has 0 saturated carbocycles. The van der Waals surface area contributed by atoms with Gasteiger partial charge in [0.1, 0.15) is 0 Å². The summed E-state index contributed by atoms with van der Waals surface area (Å²) in [6.07, 6.45) is -4.76. The van der Waals surface area contributed by atoms with Gasteiger partial charge in [0, 0.05) is 6.54 Å². The van der Waals surface area contributed by atoms with E-state index < -0.39 is 18.3 Å². The van der Waals surface area contributed by atoms with Crippen molar-refractivity contribution in [3.05, 3.63) is 35.9 Å². The molecule has 14 heavy (non-hydrogen) atoms. The van der Waals surface area contributed by atoms with Crippen LogP contribution in [0.2, 0.25) is 0 Å². The van der Waals surface area contributed by atoms with Crippen molar-refractivity contribution in [3.8, 4) is 0 Å². The molecular weight excluding hydrogens is 195 g/mol. The van der Waals surface area contributed by atoms with Crippen LogP contribution in [-0.2, 0) is 5.60 Å². The molecule has 0 unspecified atom stereocenters. The van der Waals surface area contributed by atoms with Gasteiger partial charge in [0.15, 0.2) is 5.60 Å². The van der Waals surface area contributed by atoms with Gasteiger partial charge in [-0.3, -0.25) is 0 Å². The molecule has 2 nitrogen and oxygen atoms in total. The molecule has 0 aliphatic carbocycles. The van der Waals surface area contributed by atoms with Gasteiger partial charge in [-0.2, -0.15) is 13.2 Å². The zero-order chi connectivity index (χ0) is 10.8. The van der Waals surface area contributed by atoms with Crippen LogP contribution in [0.15, 0.2) is 30.3 Å². The van der Waals surface area contributed by atoms with E-state index in [1.165, 1.54) is 24.3 Å². The van der Waals surface area contributed by atoms with Crippen LogP contribution < -0.4 is 5.73 Å². The predicted octanol–water partition coefficient (Wildman–Crippen LogP) is 1.40. The maximum absolute atomic E-state index is 12.5. The molecule has 0 heterocycles. The first-order chi connectivity index (χ1) is 6.42. The van der Waals surface area contributed by atoms with Gasteiger partial charge in [0.05, 0.1) is 0 Å². The van der Waals surface area contributed by atoms with E-state index in [1.54, 1.807) is 6.07 Å². The van der Waals surface area contributed by atoms with E-state index in [0.717, 1.165) is 0 Å². The number of alkyl halides is 3. The summed E-state index contributed by atoms with van der Waals surface area (Å²) in [6.45, 7) is -0.888. The van der Waals surface area contributed by atoms with Gasteiger partial charge in [0.2, 0.25) is 0 Å². The minimum Gasteiger partial charge on any atom is -0.375 e. The molecule has 0 bridgehead atoms. The van der Waals surface area contributed by atoms with Gasteiger partial charge >= 0.3 is 6.18 Å². The molecule has 1 rings (SSSR count).